The molecule has 0 amide bonds. The van der Waals surface area contributed by atoms with E-state index in [1.54, 1.807) is 23.7 Å². The number of nitrogens with zero attached hydrogens (tertiary/aromatic N) is 1. The van der Waals surface area contributed by atoms with Gasteiger partial charge in [-0.15, -0.1) is 11.3 Å². The fourth-order valence-electron chi connectivity index (χ4n) is 2.31. The van der Waals surface area contributed by atoms with Crippen LogP contribution in [0.1, 0.15) is 16.2 Å². The second-order valence-electron chi connectivity index (χ2n) is 5.05. The molecule has 0 aliphatic rings. The fourth-order valence-corrected chi connectivity index (χ4v) is 3.06. The van der Waals surface area contributed by atoms with Crippen molar-refractivity contribution in [1.82, 2.24) is 4.90 Å². The summed E-state index contributed by atoms with van der Waals surface area (Å²) in [5.41, 5.74) is 0.738. The number of hydrogen-bond acceptors (Lipinski definition) is 3. The second kappa shape index (κ2) is 6.85. The Morgan fingerprint density at radius 3 is 2.55 bits per heavy atom. The summed E-state index contributed by atoms with van der Waals surface area (Å²) in [5.74, 6) is -0.787. The molecule has 0 aliphatic carbocycles. The minimum atomic E-state index is -0.820. The van der Waals surface area contributed by atoms with Gasteiger partial charge in [0.05, 0.1) is 12.8 Å². The van der Waals surface area contributed by atoms with Crippen molar-refractivity contribution in [1.29, 1.82) is 0 Å². The Hall–Kier alpha value is -1.98. The van der Waals surface area contributed by atoms with Crippen LogP contribution < -0.4 is 0 Å². The van der Waals surface area contributed by atoms with Gasteiger partial charge in [0.1, 0.15) is 5.76 Å². The lowest BCUT2D eigenvalue weighted by Gasteiger charge is -2.20. The van der Waals surface area contributed by atoms with E-state index in [4.69, 9.17) is 4.42 Å². The van der Waals surface area contributed by atoms with Crippen LogP contribution in [0.25, 0.3) is 0 Å². The molecule has 22 heavy (non-hydrogen) atoms. The van der Waals surface area contributed by atoms with Crippen LogP contribution in [0.5, 0.6) is 0 Å². The van der Waals surface area contributed by atoms with Gasteiger partial charge in [-0.3, -0.25) is 4.90 Å². The quantitative estimate of drug-likeness (QED) is 0.647. The van der Waals surface area contributed by atoms with Gasteiger partial charge in [-0.25, -0.2) is 8.78 Å². The molecule has 2 aromatic heterocycles. The molecule has 0 unspecified atom stereocenters. The normalized spacial score (nSPS) is 11.2. The molecule has 3 aromatic rings. The van der Waals surface area contributed by atoms with E-state index in [-0.39, 0.29) is 0 Å². The van der Waals surface area contributed by atoms with Crippen LogP contribution >= 0.6 is 11.3 Å². The molecule has 0 radical (unpaired) electrons. The van der Waals surface area contributed by atoms with Crippen molar-refractivity contribution >= 4 is 11.3 Å². The Balaban J connectivity index is 1.76. The monoisotopic (exact) mass is 319 g/mol. The third-order valence-electron chi connectivity index (χ3n) is 3.31. The van der Waals surface area contributed by atoms with E-state index < -0.39 is 11.6 Å². The predicted molar refractivity (Wildman–Crippen MR) is 82.3 cm³/mol. The van der Waals surface area contributed by atoms with Gasteiger partial charge in [-0.05, 0) is 41.3 Å². The maximum Gasteiger partial charge on any atom is 0.159 e. The maximum absolute atomic E-state index is 13.4. The first-order valence-electron chi connectivity index (χ1n) is 6.92. The van der Waals surface area contributed by atoms with Gasteiger partial charge < -0.3 is 4.42 Å². The summed E-state index contributed by atoms with van der Waals surface area (Å²) < 4.78 is 31.8. The van der Waals surface area contributed by atoms with Gasteiger partial charge in [0.25, 0.3) is 0 Å². The van der Waals surface area contributed by atoms with Gasteiger partial charge in [0, 0.05) is 18.0 Å². The van der Waals surface area contributed by atoms with Crippen LogP contribution in [0.2, 0.25) is 0 Å². The zero-order valence-corrected chi connectivity index (χ0v) is 12.7. The SMILES string of the molecule is Fc1ccc(CN(Cc2ccco2)Cc2cccs2)cc1F. The molecule has 1 aromatic carbocycles. The van der Waals surface area contributed by atoms with Crippen LogP contribution in [0.3, 0.4) is 0 Å². The molecule has 114 valence electrons. The van der Waals surface area contributed by atoms with E-state index in [0.717, 1.165) is 17.9 Å². The average Bonchev–Trinajstić information content (AvgIpc) is 3.16. The molecule has 0 bridgehead atoms. The number of rotatable bonds is 6. The molecule has 5 heteroatoms. The number of benzene rings is 1. The molecule has 0 saturated carbocycles. The summed E-state index contributed by atoms with van der Waals surface area (Å²) in [7, 11) is 0. The molecular formula is C17H15F2NOS. The minimum Gasteiger partial charge on any atom is -0.468 e. The Morgan fingerprint density at radius 1 is 0.955 bits per heavy atom. The zero-order chi connectivity index (χ0) is 15.4. The van der Waals surface area contributed by atoms with Crippen LogP contribution in [-0.4, -0.2) is 4.90 Å². The number of halogens is 2. The standard InChI is InChI=1S/C17H15F2NOS/c18-16-6-5-13(9-17(16)19)10-20(11-14-3-1-7-21-14)12-15-4-2-8-22-15/h1-9H,10-12H2. The lowest BCUT2D eigenvalue weighted by Crippen LogP contribution is -2.21. The van der Waals surface area contributed by atoms with Crippen molar-refractivity contribution in [2.75, 3.05) is 0 Å². The van der Waals surface area contributed by atoms with Crippen LogP contribution in [0.15, 0.2) is 58.5 Å². The first kappa shape index (κ1) is 14.9. The molecule has 2 heterocycles. The first-order valence-corrected chi connectivity index (χ1v) is 7.80. The highest BCUT2D eigenvalue weighted by atomic mass is 32.1. The summed E-state index contributed by atoms with van der Waals surface area (Å²) in [4.78, 5) is 3.35. The summed E-state index contributed by atoms with van der Waals surface area (Å²) in [6, 6.07) is 11.8. The van der Waals surface area contributed by atoms with Crippen LogP contribution in [0, 0.1) is 11.6 Å². The van der Waals surface area contributed by atoms with E-state index in [1.807, 2.05) is 23.6 Å². The lowest BCUT2D eigenvalue weighted by atomic mass is 10.2. The van der Waals surface area contributed by atoms with E-state index in [1.165, 1.54) is 17.0 Å². The molecular weight excluding hydrogens is 304 g/mol. The largest absolute Gasteiger partial charge is 0.468 e. The molecule has 0 aliphatic heterocycles. The smallest absolute Gasteiger partial charge is 0.159 e. The summed E-state index contributed by atoms with van der Waals surface area (Å²) >= 11 is 1.67. The highest BCUT2D eigenvalue weighted by Crippen LogP contribution is 2.18. The Bertz CT molecular complexity index is 674. The molecule has 3 rings (SSSR count). The van der Waals surface area contributed by atoms with Gasteiger partial charge in [0.15, 0.2) is 11.6 Å². The Morgan fingerprint density at radius 2 is 1.86 bits per heavy atom. The molecule has 0 atom stereocenters. The summed E-state index contributed by atoms with van der Waals surface area (Å²) in [6.07, 6.45) is 1.64. The second-order valence-corrected chi connectivity index (χ2v) is 6.08. The van der Waals surface area contributed by atoms with Gasteiger partial charge in [-0.2, -0.15) is 0 Å². The molecule has 0 spiro atoms. The highest BCUT2D eigenvalue weighted by molar-refractivity contribution is 7.09. The van der Waals surface area contributed by atoms with Crippen molar-refractivity contribution in [3.05, 3.63) is 81.9 Å². The minimum absolute atomic E-state index is 0.524. The van der Waals surface area contributed by atoms with Crippen molar-refractivity contribution in [3.63, 3.8) is 0 Å². The molecule has 0 saturated heterocycles. The maximum atomic E-state index is 13.4. The van der Waals surface area contributed by atoms with Gasteiger partial charge >= 0.3 is 0 Å². The van der Waals surface area contributed by atoms with Crippen LogP contribution in [-0.2, 0) is 19.6 Å². The molecule has 0 N–H and O–H groups in total. The lowest BCUT2D eigenvalue weighted by molar-refractivity contribution is 0.228. The fraction of sp³-hybridized carbons (Fsp3) is 0.176. The average molecular weight is 319 g/mol. The third kappa shape index (κ3) is 3.81. The number of furan rings is 1. The van der Waals surface area contributed by atoms with Gasteiger partial charge in [0.2, 0.25) is 0 Å². The predicted octanol–water partition coefficient (Wildman–Crippen LogP) is 4.82. The van der Waals surface area contributed by atoms with Crippen molar-refractivity contribution < 1.29 is 13.2 Å². The highest BCUT2D eigenvalue weighted by Gasteiger charge is 2.12. The molecule has 0 fully saturated rings. The molecule has 2 nitrogen and oxygen atoms in total. The Kier molecular flexibility index (Phi) is 4.65. The van der Waals surface area contributed by atoms with Crippen molar-refractivity contribution in [2.24, 2.45) is 0 Å². The van der Waals surface area contributed by atoms with Crippen LogP contribution in [0.4, 0.5) is 8.78 Å². The van der Waals surface area contributed by atoms with Crippen molar-refractivity contribution in [2.45, 2.75) is 19.6 Å². The first-order chi connectivity index (χ1) is 10.7. The van der Waals surface area contributed by atoms with E-state index >= 15 is 0 Å². The van der Waals surface area contributed by atoms with Crippen molar-refractivity contribution in [3.8, 4) is 0 Å². The van der Waals surface area contributed by atoms with Gasteiger partial charge in [-0.1, -0.05) is 12.1 Å². The Labute approximate surface area is 131 Å². The van der Waals surface area contributed by atoms with E-state index in [0.29, 0.717) is 13.1 Å². The summed E-state index contributed by atoms with van der Waals surface area (Å²) in [6.45, 7) is 1.87. The van der Waals surface area contributed by atoms with E-state index in [2.05, 4.69) is 11.0 Å². The summed E-state index contributed by atoms with van der Waals surface area (Å²) in [5, 5.41) is 2.03. The topological polar surface area (TPSA) is 16.4 Å². The van der Waals surface area contributed by atoms with E-state index in [9.17, 15) is 8.78 Å². The number of hydrogen-bond donors (Lipinski definition) is 0. The third-order valence-corrected chi connectivity index (χ3v) is 4.17. The zero-order valence-electron chi connectivity index (χ0n) is 11.8. The number of thiophene rings is 1.